The van der Waals surface area contributed by atoms with Crippen LogP contribution in [0.25, 0.3) is 10.9 Å². The van der Waals surface area contributed by atoms with E-state index < -0.39 is 5.97 Å². The average Bonchev–Trinajstić information content (AvgIpc) is 2.75. The van der Waals surface area contributed by atoms with Crippen molar-refractivity contribution in [2.45, 2.75) is 51.7 Å². The maximum absolute atomic E-state index is 11.2. The van der Waals surface area contributed by atoms with E-state index in [-0.39, 0.29) is 0 Å². The predicted molar refractivity (Wildman–Crippen MR) is 83.8 cm³/mol. The largest absolute Gasteiger partial charge is 0.478 e. The zero-order valence-electron chi connectivity index (χ0n) is 12.6. The third-order valence-corrected chi connectivity index (χ3v) is 4.41. The number of carboxylic acid groups (broad SMARTS) is 1. The van der Waals surface area contributed by atoms with E-state index in [4.69, 9.17) is 0 Å². The predicted octanol–water partition coefficient (Wildman–Crippen LogP) is 3.56. The molecule has 21 heavy (non-hydrogen) atoms. The van der Waals surface area contributed by atoms with Crippen LogP contribution in [-0.2, 0) is 6.54 Å². The number of carbonyl (C=O) groups is 1. The van der Waals surface area contributed by atoms with Crippen molar-refractivity contribution in [3.05, 3.63) is 35.5 Å². The van der Waals surface area contributed by atoms with Crippen LogP contribution in [0, 0.1) is 0 Å². The molecule has 2 N–H and O–H groups in total. The number of hydrogen-bond acceptors (Lipinski definition) is 2. The molecule has 0 saturated heterocycles. The van der Waals surface area contributed by atoms with Crippen molar-refractivity contribution in [3.63, 3.8) is 0 Å². The molecule has 1 aliphatic rings. The van der Waals surface area contributed by atoms with Crippen LogP contribution in [0.15, 0.2) is 24.4 Å². The number of aromatic nitrogens is 1. The smallest absolute Gasteiger partial charge is 0.335 e. The van der Waals surface area contributed by atoms with E-state index in [1.165, 1.54) is 24.8 Å². The first-order chi connectivity index (χ1) is 10.1. The third-order valence-electron chi connectivity index (χ3n) is 4.41. The Labute approximate surface area is 124 Å². The Balaban J connectivity index is 1.98. The van der Waals surface area contributed by atoms with Crippen LogP contribution in [0.2, 0.25) is 0 Å². The molecule has 3 rings (SSSR count). The summed E-state index contributed by atoms with van der Waals surface area (Å²) in [5.74, 6) is -0.868. The lowest BCUT2D eigenvalue weighted by Gasteiger charge is -2.26. The lowest BCUT2D eigenvalue weighted by atomic mass is 9.93. The highest BCUT2D eigenvalue weighted by Gasteiger charge is 2.18. The van der Waals surface area contributed by atoms with Crippen LogP contribution in [0.4, 0.5) is 0 Å². The molecule has 0 atom stereocenters. The Morgan fingerprint density at radius 2 is 2.19 bits per heavy atom. The standard InChI is InChI=1S/C17H22N2O2/c1-11(2)19-10-13(9-18-14-4-3-5-14)15-8-12(17(20)21)6-7-16(15)19/h6-8,10-11,14,18H,3-5,9H2,1-2H3,(H,20,21). The Morgan fingerprint density at radius 1 is 1.43 bits per heavy atom. The van der Waals surface area contributed by atoms with E-state index in [0.717, 1.165) is 17.4 Å². The molecule has 2 aromatic rings. The lowest BCUT2D eigenvalue weighted by Crippen LogP contribution is -2.34. The van der Waals surface area contributed by atoms with E-state index >= 15 is 0 Å². The van der Waals surface area contributed by atoms with Crippen molar-refractivity contribution in [2.24, 2.45) is 0 Å². The van der Waals surface area contributed by atoms with Gasteiger partial charge >= 0.3 is 5.97 Å². The Hall–Kier alpha value is -1.81. The Morgan fingerprint density at radius 3 is 2.76 bits per heavy atom. The molecular formula is C17H22N2O2. The van der Waals surface area contributed by atoms with E-state index in [0.29, 0.717) is 17.6 Å². The zero-order chi connectivity index (χ0) is 15.0. The topological polar surface area (TPSA) is 54.3 Å². The molecule has 1 aliphatic carbocycles. The van der Waals surface area contributed by atoms with Gasteiger partial charge in [-0.25, -0.2) is 4.79 Å². The van der Waals surface area contributed by atoms with Gasteiger partial charge in [-0.15, -0.1) is 0 Å². The summed E-state index contributed by atoms with van der Waals surface area (Å²) in [5, 5.41) is 13.8. The van der Waals surface area contributed by atoms with E-state index in [9.17, 15) is 9.90 Å². The molecule has 0 spiro atoms. The summed E-state index contributed by atoms with van der Waals surface area (Å²) in [5.41, 5.74) is 2.66. The van der Waals surface area contributed by atoms with E-state index in [1.807, 2.05) is 6.07 Å². The summed E-state index contributed by atoms with van der Waals surface area (Å²) >= 11 is 0. The first kappa shape index (κ1) is 14.1. The van der Waals surface area contributed by atoms with Crippen molar-refractivity contribution in [2.75, 3.05) is 0 Å². The molecule has 4 heteroatoms. The maximum Gasteiger partial charge on any atom is 0.335 e. The van der Waals surface area contributed by atoms with Gasteiger partial charge in [-0.05, 0) is 50.5 Å². The molecule has 1 heterocycles. The second-order valence-electron chi connectivity index (χ2n) is 6.20. The fourth-order valence-electron chi connectivity index (χ4n) is 2.89. The van der Waals surface area contributed by atoms with Crippen LogP contribution in [0.5, 0.6) is 0 Å². The van der Waals surface area contributed by atoms with Crippen molar-refractivity contribution < 1.29 is 9.90 Å². The number of aromatic carboxylic acids is 1. The van der Waals surface area contributed by atoms with E-state index in [1.54, 1.807) is 12.1 Å². The number of fused-ring (bicyclic) bond motifs is 1. The summed E-state index contributed by atoms with van der Waals surface area (Å²) in [6, 6.07) is 6.40. The molecule has 0 amide bonds. The van der Waals surface area contributed by atoms with Gasteiger partial charge in [-0.2, -0.15) is 0 Å². The minimum atomic E-state index is -0.868. The van der Waals surface area contributed by atoms with Crippen molar-refractivity contribution in [1.82, 2.24) is 9.88 Å². The summed E-state index contributed by atoms with van der Waals surface area (Å²) in [4.78, 5) is 11.2. The number of carboxylic acids is 1. The van der Waals surface area contributed by atoms with Crippen LogP contribution in [-0.4, -0.2) is 21.7 Å². The lowest BCUT2D eigenvalue weighted by molar-refractivity contribution is 0.0697. The molecule has 1 aromatic heterocycles. The maximum atomic E-state index is 11.2. The van der Waals surface area contributed by atoms with Gasteiger partial charge in [0.25, 0.3) is 0 Å². The first-order valence-corrected chi connectivity index (χ1v) is 7.66. The van der Waals surface area contributed by atoms with Gasteiger partial charge in [0.15, 0.2) is 0 Å². The van der Waals surface area contributed by atoms with Gasteiger partial charge in [0.2, 0.25) is 0 Å². The molecule has 0 bridgehead atoms. The minimum absolute atomic E-state index is 0.355. The van der Waals surface area contributed by atoms with Crippen molar-refractivity contribution in [1.29, 1.82) is 0 Å². The third kappa shape index (κ3) is 2.68. The molecule has 4 nitrogen and oxygen atoms in total. The molecular weight excluding hydrogens is 264 g/mol. The fraction of sp³-hybridized carbons (Fsp3) is 0.471. The SMILES string of the molecule is CC(C)n1cc(CNC2CCC2)c2cc(C(=O)O)ccc21. The summed E-state index contributed by atoms with van der Waals surface area (Å²) in [7, 11) is 0. The first-order valence-electron chi connectivity index (χ1n) is 7.66. The Kier molecular flexibility index (Phi) is 3.72. The number of nitrogens with one attached hydrogen (secondary N) is 1. The molecule has 0 radical (unpaired) electrons. The van der Waals surface area contributed by atoms with Gasteiger partial charge < -0.3 is 15.0 Å². The molecule has 112 valence electrons. The average molecular weight is 286 g/mol. The van der Waals surface area contributed by atoms with Gasteiger partial charge in [0.05, 0.1) is 5.56 Å². The number of benzene rings is 1. The van der Waals surface area contributed by atoms with Gasteiger partial charge in [0.1, 0.15) is 0 Å². The molecule has 0 unspecified atom stereocenters. The van der Waals surface area contributed by atoms with Crippen LogP contribution >= 0.6 is 0 Å². The zero-order valence-corrected chi connectivity index (χ0v) is 12.6. The molecule has 1 fully saturated rings. The van der Waals surface area contributed by atoms with Crippen LogP contribution in [0.1, 0.15) is 55.1 Å². The molecule has 1 aromatic carbocycles. The number of hydrogen-bond donors (Lipinski definition) is 2. The second kappa shape index (κ2) is 5.53. The number of rotatable bonds is 5. The highest BCUT2D eigenvalue weighted by molar-refractivity contribution is 5.95. The monoisotopic (exact) mass is 286 g/mol. The highest BCUT2D eigenvalue weighted by Crippen LogP contribution is 2.27. The van der Waals surface area contributed by atoms with Gasteiger partial charge in [0, 0.05) is 35.7 Å². The normalized spacial score (nSPS) is 15.6. The summed E-state index contributed by atoms with van der Waals surface area (Å²) in [6.07, 6.45) is 5.98. The fourth-order valence-corrected chi connectivity index (χ4v) is 2.89. The number of nitrogens with zero attached hydrogens (tertiary/aromatic N) is 1. The molecule has 1 saturated carbocycles. The second-order valence-corrected chi connectivity index (χ2v) is 6.20. The van der Waals surface area contributed by atoms with Crippen LogP contribution in [0.3, 0.4) is 0 Å². The van der Waals surface area contributed by atoms with Crippen molar-refractivity contribution in [3.8, 4) is 0 Å². The van der Waals surface area contributed by atoms with Crippen LogP contribution < -0.4 is 5.32 Å². The Bertz CT molecular complexity index is 669. The molecule has 0 aliphatic heterocycles. The van der Waals surface area contributed by atoms with E-state index in [2.05, 4.69) is 29.9 Å². The summed E-state index contributed by atoms with van der Waals surface area (Å²) < 4.78 is 2.22. The van der Waals surface area contributed by atoms with Gasteiger partial charge in [-0.1, -0.05) is 6.42 Å². The quantitative estimate of drug-likeness (QED) is 0.883. The van der Waals surface area contributed by atoms with Crippen molar-refractivity contribution >= 4 is 16.9 Å². The minimum Gasteiger partial charge on any atom is -0.478 e. The van der Waals surface area contributed by atoms with Gasteiger partial charge in [-0.3, -0.25) is 0 Å². The highest BCUT2D eigenvalue weighted by atomic mass is 16.4. The summed E-state index contributed by atoms with van der Waals surface area (Å²) in [6.45, 7) is 5.10.